The third-order valence-corrected chi connectivity index (χ3v) is 5.61. The molecule has 1 aliphatic heterocycles. The van der Waals surface area contributed by atoms with Crippen LogP contribution >= 0.6 is 0 Å². The quantitative estimate of drug-likeness (QED) is 0.714. The van der Waals surface area contributed by atoms with Gasteiger partial charge >= 0.3 is 0 Å². The van der Waals surface area contributed by atoms with Crippen LogP contribution in [0.25, 0.3) is 0 Å². The molecule has 20 heavy (non-hydrogen) atoms. The van der Waals surface area contributed by atoms with Crippen LogP contribution in [0.2, 0.25) is 0 Å². The Morgan fingerprint density at radius 3 is 2.50 bits per heavy atom. The minimum Gasteiger partial charge on any atom is -0.330 e. The largest absolute Gasteiger partial charge is 0.330 e. The fourth-order valence-corrected chi connectivity index (χ4v) is 3.94. The number of unbranched alkanes of at least 4 members (excludes halogenated alkanes) is 1. The average molecular weight is 301 g/mol. The topological polar surface area (TPSA) is 84.5 Å². The van der Waals surface area contributed by atoms with Gasteiger partial charge in [0.05, 0.1) is 6.20 Å². The Hall–Kier alpha value is -0.960. The maximum atomic E-state index is 12.5. The fourth-order valence-electron chi connectivity index (χ4n) is 2.42. The number of aromatic nitrogens is 2. The lowest BCUT2D eigenvalue weighted by Crippen LogP contribution is -2.49. The number of nitrogens with two attached hydrogens (primary N) is 1. The van der Waals surface area contributed by atoms with Crippen molar-refractivity contribution in [2.45, 2.75) is 17.9 Å². The summed E-state index contributed by atoms with van der Waals surface area (Å²) in [6.45, 7) is 4.35. The molecular formula is C12H23N5O2S. The van der Waals surface area contributed by atoms with E-state index in [0.29, 0.717) is 13.1 Å². The Balaban J connectivity index is 1.92. The Bertz CT molecular complexity index is 520. The predicted molar refractivity (Wildman–Crippen MR) is 76.7 cm³/mol. The van der Waals surface area contributed by atoms with Gasteiger partial charge in [0.25, 0.3) is 10.0 Å². The molecule has 2 rings (SSSR count). The van der Waals surface area contributed by atoms with Crippen molar-refractivity contribution in [2.24, 2.45) is 12.8 Å². The molecule has 1 aliphatic rings. The van der Waals surface area contributed by atoms with Crippen LogP contribution in [0, 0.1) is 0 Å². The average Bonchev–Trinajstić information content (AvgIpc) is 2.87. The van der Waals surface area contributed by atoms with Gasteiger partial charge < -0.3 is 10.6 Å². The molecule has 0 atom stereocenters. The van der Waals surface area contributed by atoms with Gasteiger partial charge in [-0.2, -0.15) is 9.40 Å². The first-order valence-electron chi connectivity index (χ1n) is 6.96. The third-order valence-electron chi connectivity index (χ3n) is 3.64. The molecule has 0 spiro atoms. The summed E-state index contributed by atoms with van der Waals surface area (Å²) in [7, 11) is -1.76. The predicted octanol–water partition coefficient (Wildman–Crippen LogP) is -0.535. The highest BCUT2D eigenvalue weighted by atomic mass is 32.2. The molecule has 0 bridgehead atoms. The molecule has 8 heteroatoms. The zero-order valence-electron chi connectivity index (χ0n) is 11.9. The number of sulfonamides is 1. The SMILES string of the molecule is Cn1nccc1S(=O)(=O)N1CCN(CCCCN)CC1. The van der Waals surface area contributed by atoms with Gasteiger partial charge in [-0.3, -0.25) is 4.68 Å². The van der Waals surface area contributed by atoms with Gasteiger partial charge in [0.2, 0.25) is 0 Å². The van der Waals surface area contributed by atoms with E-state index in [2.05, 4.69) is 10.00 Å². The van der Waals surface area contributed by atoms with E-state index in [1.807, 2.05) is 0 Å². The number of nitrogens with zero attached hydrogens (tertiary/aromatic N) is 4. The van der Waals surface area contributed by atoms with Gasteiger partial charge in [-0.15, -0.1) is 0 Å². The van der Waals surface area contributed by atoms with E-state index in [1.165, 1.54) is 10.9 Å². The zero-order chi connectivity index (χ0) is 14.6. The lowest BCUT2D eigenvalue weighted by molar-refractivity contribution is 0.185. The molecule has 1 aromatic rings. The standard InChI is InChI=1S/C12H23N5O2S/c1-15-12(4-6-14-15)20(18,19)17-10-8-16(9-11-17)7-3-2-5-13/h4,6H,2-3,5,7-11,13H2,1H3. The summed E-state index contributed by atoms with van der Waals surface area (Å²) in [5.74, 6) is 0. The van der Waals surface area contributed by atoms with Crippen molar-refractivity contribution in [2.75, 3.05) is 39.3 Å². The molecule has 7 nitrogen and oxygen atoms in total. The van der Waals surface area contributed by atoms with Crippen molar-refractivity contribution in [1.29, 1.82) is 0 Å². The molecule has 0 amide bonds. The van der Waals surface area contributed by atoms with Crippen LogP contribution < -0.4 is 5.73 Å². The molecule has 2 heterocycles. The normalized spacial score (nSPS) is 18.5. The fraction of sp³-hybridized carbons (Fsp3) is 0.750. The minimum atomic E-state index is -3.41. The Morgan fingerprint density at radius 2 is 1.95 bits per heavy atom. The van der Waals surface area contributed by atoms with Gasteiger partial charge in [-0.05, 0) is 32.0 Å². The van der Waals surface area contributed by atoms with E-state index in [4.69, 9.17) is 5.73 Å². The van der Waals surface area contributed by atoms with Crippen molar-refractivity contribution in [1.82, 2.24) is 19.0 Å². The molecule has 2 N–H and O–H groups in total. The maximum absolute atomic E-state index is 12.5. The second kappa shape index (κ2) is 6.66. The summed E-state index contributed by atoms with van der Waals surface area (Å²) in [5.41, 5.74) is 5.48. The van der Waals surface area contributed by atoms with Crippen LogP contribution in [0.4, 0.5) is 0 Å². The molecule has 114 valence electrons. The number of aryl methyl sites for hydroxylation is 1. The first-order chi connectivity index (χ1) is 9.55. The van der Waals surface area contributed by atoms with Crippen LogP contribution in [0.5, 0.6) is 0 Å². The molecule has 1 fully saturated rings. The molecule has 0 unspecified atom stereocenters. The van der Waals surface area contributed by atoms with E-state index >= 15 is 0 Å². The number of piperazine rings is 1. The first-order valence-corrected chi connectivity index (χ1v) is 8.40. The summed E-state index contributed by atoms with van der Waals surface area (Å²) >= 11 is 0. The molecule has 0 aliphatic carbocycles. The molecule has 1 saturated heterocycles. The maximum Gasteiger partial charge on any atom is 0.260 e. The highest BCUT2D eigenvalue weighted by Crippen LogP contribution is 2.16. The summed E-state index contributed by atoms with van der Waals surface area (Å²) in [4.78, 5) is 2.30. The van der Waals surface area contributed by atoms with Gasteiger partial charge in [0.1, 0.15) is 0 Å². The van der Waals surface area contributed by atoms with E-state index in [1.54, 1.807) is 17.4 Å². The van der Waals surface area contributed by atoms with Gasteiger partial charge in [0, 0.05) is 33.2 Å². The summed E-state index contributed by atoms with van der Waals surface area (Å²) in [6, 6.07) is 1.54. The Labute approximate surface area is 120 Å². The van der Waals surface area contributed by atoms with Crippen LogP contribution in [-0.2, 0) is 17.1 Å². The highest BCUT2D eigenvalue weighted by Gasteiger charge is 2.30. The molecule has 0 saturated carbocycles. The lowest BCUT2D eigenvalue weighted by atomic mass is 10.2. The van der Waals surface area contributed by atoms with Crippen LogP contribution in [0.15, 0.2) is 17.3 Å². The van der Waals surface area contributed by atoms with E-state index < -0.39 is 10.0 Å². The molecular weight excluding hydrogens is 278 g/mol. The monoisotopic (exact) mass is 301 g/mol. The van der Waals surface area contributed by atoms with Crippen molar-refractivity contribution < 1.29 is 8.42 Å². The lowest BCUT2D eigenvalue weighted by Gasteiger charge is -2.33. The Kier molecular flexibility index (Phi) is 5.14. The van der Waals surface area contributed by atoms with Crippen LogP contribution in [0.1, 0.15) is 12.8 Å². The third kappa shape index (κ3) is 3.38. The molecule has 0 radical (unpaired) electrons. The summed E-state index contributed by atoms with van der Waals surface area (Å²) < 4.78 is 27.9. The Morgan fingerprint density at radius 1 is 1.25 bits per heavy atom. The van der Waals surface area contributed by atoms with Crippen LogP contribution in [-0.4, -0.2) is 66.7 Å². The summed E-state index contributed by atoms with van der Waals surface area (Å²) in [5, 5.41) is 4.19. The zero-order valence-corrected chi connectivity index (χ0v) is 12.7. The highest BCUT2D eigenvalue weighted by molar-refractivity contribution is 7.89. The van der Waals surface area contributed by atoms with Crippen LogP contribution in [0.3, 0.4) is 0 Å². The van der Waals surface area contributed by atoms with E-state index in [0.717, 1.165) is 39.0 Å². The smallest absolute Gasteiger partial charge is 0.260 e. The number of hydrogen-bond acceptors (Lipinski definition) is 5. The van der Waals surface area contributed by atoms with E-state index in [9.17, 15) is 8.42 Å². The van der Waals surface area contributed by atoms with Gasteiger partial charge in [-0.25, -0.2) is 8.42 Å². The van der Waals surface area contributed by atoms with Crippen molar-refractivity contribution >= 4 is 10.0 Å². The second-order valence-electron chi connectivity index (χ2n) is 5.03. The number of rotatable bonds is 6. The van der Waals surface area contributed by atoms with E-state index in [-0.39, 0.29) is 5.03 Å². The molecule has 0 aromatic carbocycles. The van der Waals surface area contributed by atoms with Crippen molar-refractivity contribution in [3.8, 4) is 0 Å². The molecule has 1 aromatic heterocycles. The van der Waals surface area contributed by atoms with Crippen molar-refractivity contribution in [3.63, 3.8) is 0 Å². The first kappa shape index (κ1) is 15.4. The van der Waals surface area contributed by atoms with Gasteiger partial charge in [0.15, 0.2) is 5.03 Å². The summed E-state index contributed by atoms with van der Waals surface area (Å²) in [6.07, 6.45) is 3.61. The van der Waals surface area contributed by atoms with Crippen molar-refractivity contribution in [3.05, 3.63) is 12.3 Å². The minimum absolute atomic E-state index is 0.258. The number of hydrogen-bond donors (Lipinski definition) is 1. The van der Waals surface area contributed by atoms with Gasteiger partial charge in [-0.1, -0.05) is 0 Å². The second-order valence-corrected chi connectivity index (χ2v) is 6.92.